The molecule has 4 aromatic rings. The van der Waals surface area contributed by atoms with Gasteiger partial charge < -0.3 is 15.2 Å². The molecule has 2 N–H and O–H groups in total. The van der Waals surface area contributed by atoms with Gasteiger partial charge in [-0.05, 0) is 35.9 Å². The summed E-state index contributed by atoms with van der Waals surface area (Å²) in [5.41, 5.74) is 2.99. The lowest BCUT2D eigenvalue weighted by molar-refractivity contribution is -0.139. The van der Waals surface area contributed by atoms with Gasteiger partial charge in [0.1, 0.15) is 23.2 Å². The fourth-order valence-electron chi connectivity index (χ4n) is 4.00. The number of terminal acetylenes is 1. The second kappa shape index (κ2) is 10.5. The number of nitrogens with zero attached hydrogens (tertiary/aromatic N) is 1. The number of pyridine rings is 1. The van der Waals surface area contributed by atoms with E-state index in [4.69, 9.17) is 22.8 Å². The largest absolute Gasteiger partial charge is 0.496 e. The summed E-state index contributed by atoms with van der Waals surface area (Å²) in [4.78, 5) is 29.4. The fourth-order valence-corrected chi connectivity index (χ4v) is 4.28. The van der Waals surface area contributed by atoms with E-state index >= 15 is 0 Å². The number of nitrogens with one attached hydrogen (secondary N) is 1. The number of fused-ring (bicyclic) bond motifs is 1. The van der Waals surface area contributed by atoms with Gasteiger partial charge in [0.15, 0.2) is 0 Å². The Kier molecular flexibility index (Phi) is 7.18. The summed E-state index contributed by atoms with van der Waals surface area (Å²) >= 11 is 6.47. The van der Waals surface area contributed by atoms with E-state index in [2.05, 4.69) is 16.2 Å². The second-order valence-electron chi connectivity index (χ2n) is 7.90. The van der Waals surface area contributed by atoms with Crippen molar-refractivity contribution in [3.05, 3.63) is 94.4 Å². The number of rotatable bonds is 7. The van der Waals surface area contributed by atoms with Crippen molar-refractivity contribution in [2.75, 3.05) is 7.11 Å². The lowest BCUT2D eigenvalue weighted by Gasteiger charge is -2.18. The molecule has 0 aliphatic rings. The van der Waals surface area contributed by atoms with Crippen LogP contribution in [0.5, 0.6) is 5.75 Å². The zero-order valence-corrected chi connectivity index (χ0v) is 19.8. The molecule has 6 nitrogen and oxygen atoms in total. The maximum Gasteiger partial charge on any atom is 0.326 e. The number of amides is 1. The van der Waals surface area contributed by atoms with Gasteiger partial charge in [0, 0.05) is 39.7 Å². The number of aliphatic carboxylic acids is 1. The number of aromatic nitrogens is 1. The Balaban J connectivity index is 1.70. The van der Waals surface area contributed by atoms with E-state index in [0.717, 1.165) is 17.2 Å². The van der Waals surface area contributed by atoms with Crippen LogP contribution in [0.2, 0.25) is 5.02 Å². The number of benzene rings is 3. The number of carboxylic acids is 1. The molecule has 1 aromatic heterocycles. The maximum absolute atomic E-state index is 14.3. The van der Waals surface area contributed by atoms with E-state index < -0.39 is 23.7 Å². The van der Waals surface area contributed by atoms with E-state index in [1.165, 1.54) is 19.2 Å². The van der Waals surface area contributed by atoms with Gasteiger partial charge in [-0.1, -0.05) is 47.9 Å². The zero-order chi connectivity index (χ0) is 25.8. The average Bonchev–Trinajstić information content (AvgIpc) is 2.88. The predicted octanol–water partition coefficient (Wildman–Crippen LogP) is 5.11. The smallest absolute Gasteiger partial charge is 0.326 e. The number of halogens is 2. The van der Waals surface area contributed by atoms with E-state index in [1.54, 1.807) is 36.5 Å². The van der Waals surface area contributed by atoms with Crippen LogP contribution in [0.3, 0.4) is 0 Å². The SMILES string of the molecule is C#Cc1ccc(-c2ccc(C[C@H](NC(=O)c3c(F)cccc3OC)C(=O)O)c3cccnc23)c(Cl)c1. The van der Waals surface area contributed by atoms with Crippen molar-refractivity contribution in [3.63, 3.8) is 0 Å². The molecule has 0 fully saturated rings. The highest BCUT2D eigenvalue weighted by Crippen LogP contribution is 2.35. The summed E-state index contributed by atoms with van der Waals surface area (Å²) < 4.78 is 19.4. The molecule has 0 bridgehead atoms. The molecule has 0 saturated heterocycles. The van der Waals surface area contributed by atoms with Gasteiger partial charge in [-0.2, -0.15) is 0 Å². The first-order valence-corrected chi connectivity index (χ1v) is 11.2. The minimum atomic E-state index is -1.34. The quantitative estimate of drug-likeness (QED) is 0.343. The molecular weight excluding hydrogens is 483 g/mol. The molecular formula is C28H20ClFN2O4. The minimum absolute atomic E-state index is 0.00312. The Morgan fingerprint density at radius 3 is 2.64 bits per heavy atom. The molecule has 0 aliphatic heterocycles. The molecule has 0 spiro atoms. The molecule has 36 heavy (non-hydrogen) atoms. The van der Waals surface area contributed by atoms with E-state index in [-0.39, 0.29) is 17.7 Å². The number of carbonyl (C=O) groups excluding carboxylic acids is 1. The van der Waals surface area contributed by atoms with Gasteiger partial charge in [0.25, 0.3) is 5.91 Å². The van der Waals surface area contributed by atoms with Crippen LogP contribution in [-0.2, 0) is 11.2 Å². The van der Waals surface area contributed by atoms with Gasteiger partial charge in [-0.3, -0.25) is 9.78 Å². The molecule has 1 amide bonds. The second-order valence-corrected chi connectivity index (χ2v) is 8.30. The average molecular weight is 503 g/mol. The van der Waals surface area contributed by atoms with Crippen molar-refractivity contribution in [1.29, 1.82) is 0 Å². The normalized spacial score (nSPS) is 11.5. The monoisotopic (exact) mass is 502 g/mol. The van der Waals surface area contributed by atoms with Gasteiger partial charge >= 0.3 is 5.97 Å². The highest BCUT2D eigenvalue weighted by molar-refractivity contribution is 6.33. The molecule has 1 atom stereocenters. The van der Waals surface area contributed by atoms with Crippen LogP contribution in [0.15, 0.2) is 66.9 Å². The summed E-state index contributed by atoms with van der Waals surface area (Å²) in [6, 6.07) is 15.0. The molecule has 1 heterocycles. The molecule has 0 unspecified atom stereocenters. The lowest BCUT2D eigenvalue weighted by Crippen LogP contribution is -2.42. The Morgan fingerprint density at radius 2 is 1.94 bits per heavy atom. The Morgan fingerprint density at radius 1 is 1.17 bits per heavy atom. The summed E-state index contributed by atoms with van der Waals surface area (Å²) in [6.45, 7) is 0. The van der Waals surface area contributed by atoms with Crippen LogP contribution < -0.4 is 10.1 Å². The standard InChI is InChI=1S/C28H20ClFN2O4/c1-3-16-9-11-19(21(29)14-16)20-12-10-17(18-6-5-13-31-26(18)20)15-23(28(34)35)32-27(33)25-22(30)7-4-8-24(25)36-2/h1,4-14,23H,15H2,2H3,(H,32,33)(H,34,35)/t23-/m0/s1. The van der Waals surface area contributed by atoms with Crippen LogP contribution >= 0.6 is 11.6 Å². The van der Waals surface area contributed by atoms with Crippen molar-refractivity contribution in [3.8, 4) is 29.2 Å². The molecule has 0 saturated carbocycles. The number of ether oxygens (including phenoxy) is 1. The summed E-state index contributed by atoms with van der Waals surface area (Å²) in [5, 5.41) is 13.4. The van der Waals surface area contributed by atoms with Crippen LogP contribution in [0, 0.1) is 18.2 Å². The number of hydrogen-bond donors (Lipinski definition) is 2. The lowest BCUT2D eigenvalue weighted by atomic mass is 9.94. The molecule has 8 heteroatoms. The van der Waals surface area contributed by atoms with Crippen molar-refractivity contribution in [1.82, 2.24) is 10.3 Å². The van der Waals surface area contributed by atoms with Crippen LogP contribution in [0.1, 0.15) is 21.5 Å². The van der Waals surface area contributed by atoms with E-state index in [0.29, 0.717) is 27.1 Å². The van der Waals surface area contributed by atoms with Crippen molar-refractivity contribution >= 4 is 34.4 Å². The predicted molar refractivity (Wildman–Crippen MR) is 136 cm³/mol. The van der Waals surface area contributed by atoms with Crippen molar-refractivity contribution in [2.45, 2.75) is 12.5 Å². The highest BCUT2D eigenvalue weighted by atomic mass is 35.5. The van der Waals surface area contributed by atoms with Gasteiger partial charge in [-0.25, -0.2) is 9.18 Å². The third-order valence-electron chi connectivity index (χ3n) is 5.74. The Bertz CT molecular complexity index is 1530. The maximum atomic E-state index is 14.3. The van der Waals surface area contributed by atoms with E-state index in [9.17, 15) is 19.1 Å². The first-order chi connectivity index (χ1) is 17.3. The fraction of sp³-hybridized carbons (Fsp3) is 0.107. The highest BCUT2D eigenvalue weighted by Gasteiger charge is 2.26. The number of carboxylic acid groups (broad SMARTS) is 1. The van der Waals surface area contributed by atoms with Crippen molar-refractivity contribution < 1.29 is 23.8 Å². The molecule has 0 aliphatic carbocycles. The van der Waals surface area contributed by atoms with Crippen LogP contribution in [0.4, 0.5) is 4.39 Å². The van der Waals surface area contributed by atoms with Gasteiger partial charge in [0.05, 0.1) is 12.6 Å². The number of methoxy groups -OCH3 is 1. The summed E-state index contributed by atoms with van der Waals surface area (Å²) in [5.74, 6) is -0.435. The summed E-state index contributed by atoms with van der Waals surface area (Å²) in [7, 11) is 1.30. The first-order valence-electron chi connectivity index (χ1n) is 10.8. The van der Waals surface area contributed by atoms with E-state index in [1.807, 2.05) is 12.1 Å². The molecule has 4 rings (SSSR count). The molecule has 180 valence electrons. The van der Waals surface area contributed by atoms with Gasteiger partial charge in [0.2, 0.25) is 0 Å². The van der Waals surface area contributed by atoms with Crippen LogP contribution in [0.25, 0.3) is 22.0 Å². The zero-order valence-electron chi connectivity index (χ0n) is 19.1. The number of carbonyl (C=O) groups is 2. The van der Waals surface area contributed by atoms with Crippen LogP contribution in [-0.4, -0.2) is 35.1 Å². The Labute approximate surface area is 211 Å². The Hall–Kier alpha value is -4.41. The van der Waals surface area contributed by atoms with Crippen molar-refractivity contribution in [2.24, 2.45) is 0 Å². The van der Waals surface area contributed by atoms with Gasteiger partial charge in [-0.15, -0.1) is 6.42 Å². The minimum Gasteiger partial charge on any atom is -0.496 e. The third-order valence-corrected chi connectivity index (χ3v) is 6.05. The third kappa shape index (κ3) is 4.85. The first kappa shape index (κ1) is 24.7. The topological polar surface area (TPSA) is 88.5 Å². The number of hydrogen-bond acceptors (Lipinski definition) is 4. The summed E-state index contributed by atoms with van der Waals surface area (Å²) in [6.07, 6.45) is 7.02. The molecule has 0 radical (unpaired) electrons. The molecule has 3 aromatic carbocycles.